The third-order valence-corrected chi connectivity index (χ3v) is 9.78. The van der Waals surface area contributed by atoms with E-state index in [4.69, 9.17) is 9.84 Å². The molecule has 4 rings (SSSR count). The molecule has 0 aromatic heterocycles. The lowest BCUT2D eigenvalue weighted by Gasteiger charge is -2.38. The molecule has 186 valence electrons. The fraction of sp³-hybridized carbons (Fsp3) is 0.640. The van der Waals surface area contributed by atoms with Gasteiger partial charge in [0.05, 0.1) is 23.7 Å². The largest absolute Gasteiger partial charge is 0.497 e. The van der Waals surface area contributed by atoms with E-state index in [1.165, 1.54) is 0 Å². The number of benzene rings is 1. The first-order chi connectivity index (χ1) is 16.4. The maximum Gasteiger partial charge on any atom is 0.248 e. The molecule has 9 heteroatoms. The molecule has 1 spiro atoms. The number of carbonyl (C=O) groups is 3. The molecule has 3 aliphatic heterocycles. The number of hydrogen-bond acceptors (Lipinski definition) is 6. The highest BCUT2D eigenvalue weighted by Gasteiger charge is 2.75. The second-order valence-corrected chi connectivity index (χ2v) is 11.1. The summed E-state index contributed by atoms with van der Waals surface area (Å²) in [5.41, 5.74) is 0.647. The molecule has 2 bridgehead atoms. The van der Waals surface area contributed by atoms with Crippen LogP contribution in [0, 0.1) is 17.8 Å². The van der Waals surface area contributed by atoms with Crippen molar-refractivity contribution >= 4 is 35.2 Å². The first-order valence-corrected chi connectivity index (χ1v) is 13.0. The SMILES string of the molecule is CNC(=O)[C@@H]1[C@@H]2CC(C)C3(S2)C(C(=O)Nc2ccc(OC)cc2)N(CCCCCCO)C(=O)[C@H]13. The topological polar surface area (TPSA) is 108 Å². The minimum atomic E-state index is -0.635. The molecule has 3 heterocycles. The van der Waals surface area contributed by atoms with Crippen LogP contribution in [-0.2, 0) is 14.4 Å². The molecule has 3 unspecified atom stereocenters. The van der Waals surface area contributed by atoms with Gasteiger partial charge in [-0.3, -0.25) is 14.4 Å². The van der Waals surface area contributed by atoms with Gasteiger partial charge in [-0.1, -0.05) is 19.8 Å². The highest BCUT2D eigenvalue weighted by Crippen LogP contribution is 2.68. The number of aliphatic hydroxyl groups is 1. The Morgan fingerprint density at radius 1 is 1.18 bits per heavy atom. The Kier molecular flexibility index (Phi) is 7.42. The van der Waals surface area contributed by atoms with Crippen molar-refractivity contribution < 1.29 is 24.2 Å². The summed E-state index contributed by atoms with van der Waals surface area (Å²) in [7, 11) is 3.20. The molecule has 1 aromatic carbocycles. The van der Waals surface area contributed by atoms with Crippen LogP contribution in [0.3, 0.4) is 0 Å². The summed E-state index contributed by atoms with van der Waals surface area (Å²) in [5, 5.41) is 14.9. The van der Waals surface area contributed by atoms with Crippen molar-refractivity contribution in [1.82, 2.24) is 10.2 Å². The molecule has 0 saturated carbocycles. The zero-order chi connectivity index (χ0) is 24.5. The van der Waals surface area contributed by atoms with E-state index in [0.717, 1.165) is 32.1 Å². The average Bonchev–Trinajstić information content (AvgIpc) is 3.42. The molecule has 34 heavy (non-hydrogen) atoms. The van der Waals surface area contributed by atoms with Gasteiger partial charge in [0.15, 0.2) is 0 Å². The number of ether oxygens (including phenoxy) is 1. The van der Waals surface area contributed by atoms with Crippen LogP contribution < -0.4 is 15.4 Å². The molecule has 3 aliphatic rings. The van der Waals surface area contributed by atoms with Gasteiger partial charge >= 0.3 is 0 Å². The molecule has 1 aromatic rings. The van der Waals surface area contributed by atoms with Crippen molar-refractivity contribution in [1.29, 1.82) is 0 Å². The number of amides is 3. The number of unbranched alkanes of at least 4 members (excludes halogenated alkanes) is 3. The number of carbonyl (C=O) groups excluding carboxylic acids is 3. The molecule has 3 amide bonds. The molecular formula is C25H35N3O5S. The van der Waals surface area contributed by atoms with Gasteiger partial charge in [-0.25, -0.2) is 0 Å². The third kappa shape index (κ3) is 4.06. The second-order valence-electron chi connectivity index (χ2n) is 9.55. The minimum absolute atomic E-state index is 0.0480. The Bertz CT molecular complexity index is 926. The monoisotopic (exact) mass is 489 g/mol. The van der Waals surface area contributed by atoms with Gasteiger partial charge in [-0.15, -0.1) is 11.8 Å². The number of thioether (sulfide) groups is 1. The lowest BCUT2D eigenvalue weighted by Crippen LogP contribution is -2.55. The van der Waals surface area contributed by atoms with Crippen molar-refractivity contribution in [3.05, 3.63) is 24.3 Å². The number of hydrogen-bond donors (Lipinski definition) is 3. The van der Waals surface area contributed by atoms with Gasteiger partial charge in [0.2, 0.25) is 17.7 Å². The lowest BCUT2D eigenvalue weighted by atomic mass is 9.66. The second kappa shape index (κ2) is 10.2. The maximum absolute atomic E-state index is 13.8. The van der Waals surface area contributed by atoms with Crippen LogP contribution >= 0.6 is 11.8 Å². The fourth-order valence-electron chi connectivity index (χ4n) is 6.16. The van der Waals surface area contributed by atoms with Crippen LogP contribution in [0.2, 0.25) is 0 Å². The van der Waals surface area contributed by atoms with Crippen molar-refractivity contribution in [3.63, 3.8) is 0 Å². The number of fused-ring (bicyclic) bond motifs is 1. The fourth-order valence-corrected chi connectivity index (χ4v) is 8.58. The van der Waals surface area contributed by atoms with E-state index in [1.54, 1.807) is 55.1 Å². The summed E-state index contributed by atoms with van der Waals surface area (Å²) >= 11 is 1.68. The zero-order valence-electron chi connectivity index (χ0n) is 20.1. The quantitative estimate of drug-likeness (QED) is 0.435. The number of methoxy groups -OCH3 is 1. The number of likely N-dealkylation sites (tertiary alicyclic amines) is 1. The summed E-state index contributed by atoms with van der Waals surface area (Å²) in [5.74, 6) is -0.443. The Balaban J connectivity index is 1.63. The van der Waals surface area contributed by atoms with E-state index < -0.39 is 22.6 Å². The molecular weight excluding hydrogens is 454 g/mol. The van der Waals surface area contributed by atoms with Gasteiger partial charge < -0.3 is 25.4 Å². The summed E-state index contributed by atoms with van der Waals surface area (Å²) in [6.45, 7) is 2.75. The van der Waals surface area contributed by atoms with E-state index in [9.17, 15) is 14.4 Å². The van der Waals surface area contributed by atoms with Gasteiger partial charge in [-0.05, 0) is 49.4 Å². The van der Waals surface area contributed by atoms with E-state index in [1.807, 2.05) is 0 Å². The van der Waals surface area contributed by atoms with Crippen LogP contribution in [0.25, 0.3) is 0 Å². The smallest absolute Gasteiger partial charge is 0.248 e. The minimum Gasteiger partial charge on any atom is -0.497 e. The highest BCUT2D eigenvalue weighted by molar-refractivity contribution is 8.02. The van der Waals surface area contributed by atoms with E-state index in [0.29, 0.717) is 18.0 Å². The molecule has 0 radical (unpaired) electrons. The number of aliphatic hydroxyl groups excluding tert-OH is 1. The van der Waals surface area contributed by atoms with Crippen LogP contribution in [0.15, 0.2) is 24.3 Å². The van der Waals surface area contributed by atoms with Crippen molar-refractivity contribution in [2.75, 3.05) is 32.6 Å². The van der Waals surface area contributed by atoms with Crippen molar-refractivity contribution in [2.45, 2.75) is 55.1 Å². The third-order valence-electron chi connectivity index (χ3n) is 7.71. The Morgan fingerprint density at radius 3 is 2.53 bits per heavy atom. The highest BCUT2D eigenvalue weighted by atomic mass is 32.2. The van der Waals surface area contributed by atoms with Crippen LogP contribution in [0.4, 0.5) is 5.69 Å². The zero-order valence-corrected chi connectivity index (χ0v) is 20.9. The Labute approximate surface area is 205 Å². The van der Waals surface area contributed by atoms with Crippen molar-refractivity contribution in [3.8, 4) is 5.75 Å². The van der Waals surface area contributed by atoms with Crippen molar-refractivity contribution in [2.24, 2.45) is 17.8 Å². The van der Waals surface area contributed by atoms with Gasteiger partial charge in [0.25, 0.3) is 0 Å². The summed E-state index contributed by atoms with van der Waals surface area (Å²) in [6, 6.07) is 6.52. The van der Waals surface area contributed by atoms with Crippen LogP contribution in [0.1, 0.15) is 39.0 Å². The van der Waals surface area contributed by atoms with Gasteiger partial charge in [-0.2, -0.15) is 0 Å². The number of nitrogens with zero attached hydrogens (tertiary/aromatic N) is 1. The first-order valence-electron chi connectivity index (χ1n) is 12.1. The standard InChI is InChI=1S/C25H35N3O5S/c1-15-14-18-19(22(30)26-2)20-24(32)28(12-6-4-5-7-13-29)21(25(15,20)34-18)23(31)27-16-8-10-17(33-3)11-9-16/h8-11,15,18-21,29H,4-7,12-14H2,1-3H3,(H,26,30)(H,27,31)/t15?,18-,19+,20-,21?,25?/m0/s1. The van der Waals surface area contributed by atoms with E-state index in [-0.39, 0.29) is 35.5 Å². The molecule has 3 fully saturated rings. The predicted molar refractivity (Wildman–Crippen MR) is 132 cm³/mol. The van der Waals surface area contributed by atoms with E-state index >= 15 is 0 Å². The van der Waals surface area contributed by atoms with Crippen LogP contribution in [0.5, 0.6) is 5.75 Å². The first kappa shape index (κ1) is 24.9. The predicted octanol–water partition coefficient (Wildman–Crippen LogP) is 2.27. The van der Waals surface area contributed by atoms with E-state index in [2.05, 4.69) is 17.6 Å². The summed E-state index contributed by atoms with van der Waals surface area (Å²) in [6.07, 6.45) is 4.06. The Hall–Kier alpha value is -2.26. The number of rotatable bonds is 10. The number of anilines is 1. The molecule has 3 saturated heterocycles. The molecule has 3 N–H and O–H groups in total. The van der Waals surface area contributed by atoms with Gasteiger partial charge in [0.1, 0.15) is 11.8 Å². The maximum atomic E-state index is 13.8. The summed E-state index contributed by atoms with van der Waals surface area (Å²) in [4.78, 5) is 42.2. The van der Waals surface area contributed by atoms with Gasteiger partial charge in [0, 0.05) is 31.1 Å². The molecule has 6 atom stereocenters. The lowest BCUT2D eigenvalue weighted by molar-refractivity contribution is -0.139. The Morgan fingerprint density at radius 2 is 1.88 bits per heavy atom. The normalized spacial score (nSPS) is 31.5. The van der Waals surface area contributed by atoms with Crippen LogP contribution in [-0.4, -0.2) is 71.1 Å². The molecule has 8 nitrogen and oxygen atoms in total. The average molecular weight is 490 g/mol. The molecule has 0 aliphatic carbocycles. The summed E-state index contributed by atoms with van der Waals surface area (Å²) < 4.78 is 4.60. The number of nitrogens with one attached hydrogen (secondary N) is 2.